The number of nitrogens with zero attached hydrogens (tertiary/aromatic N) is 2. The predicted molar refractivity (Wildman–Crippen MR) is 102 cm³/mol. The van der Waals surface area contributed by atoms with Crippen LogP contribution in [0.4, 0.5) is 4.39 Å². The van der Waals surface area contributed by atoms with Crippen molar-refractivity contribution in [2.24, 2.45) is 16.5 Å². The van der Waals surface area contributed by atoms with Crippen LogP contribution in [-0.4, -0.2) is 10.9 Å². The van der Waals surface area contributed by atoms with Gasteiger partial charge >= 0.3 is 0 Å². The van der Waals surface area contributed by atoms with E-state index in [2.05, 4.69) is 16.6 Å². The van der Waals surface area contributed by atoms with Gasteiger partial charge in [-0.15, -0.1) is 0 Å². The minimum Gasteiger partial charge on any atom is -0.370 e. The zero-order valence-electron chi connectivity index (χ0n) is 12.9. The molecule has 1 heterocycles. The van der Waals surface area contributed by atoms with E-state index < -0.39 is 5.82 Å². The molecule has 0 aliphatic heterocycles. The summed E-state index contributed by atoms with van der Waals surface area (Å²) in [5.41, 5.74) is 12.4. The van der Waals surface area contributed by atoms with E-state index in [1.807, 2.05) is 0 Å². The zero-order valence-corrected chi connectivity index (χ0v) is 14.4. The summed E-state index contributed by atoms with van der Waals surface area (Å²) < 4.78 is 14.4. The van der Waals surface area contributed by atoms with Gasteiger partial charge in [0, 0.05) is 22.5 Å². The highest BCUT2D eigenvalue weighted by Gasteiger charge is 2.16. The minimum absolute atomic E-state index is 0.105. The lowest BCUT2D eigenvalue weighted by Gasteiger charge is -2.11. The van der Waals surface area contributed by atoms with Crippen LogP contribution in [0.25, 0.3) is 27.7 Å². The molecule has 1 aromatic heterocycles. The molecule has 4 N–H and O–H groups in total. The molecular weight excluding hydrogens is 362 g/mol. The number of pyridine rings is 1. The minimum atomic E-state index is -0.475. The summed E-state index contributed by atoms with van der Waals surface area (Å²) in [6, 6.07) is 9.76. The van der Waals surface area contributed by atoms with Crippen LogP contribution in [0.1, 0.15) is 5.56 Å². The van der Waals surface area contributed by atoms with Gasteiger partial charge in [0.2, 0.25) is 0 Å². The van der Waals surface area contributed by atoms with E-state index in [9.17, 15) is 4.39 Å². The summed E-state index contributed by atoms with van der Waals surface area (Å²) in [7, 11) is 0. The smallest absolute Gasteiger partial charge is 0.191 e. The molecule has 0 bridgehead atoms. The second-order valence-corrected chi connectivity index (χ2v) is 6.11. The Balaban J connectivity index is 2.32. The van der Waals surface area contributed by atoms with E-state index in [4.69, 9.17) is 34.7 Å². The average molecular weight is 375 g/mol. The van der Waals surface area contributed by atoms with Crippen molar-refractivity contribution in [1.82, 2.24) is 4.98 Å². The maximum absolute atomic E-state index is 14.4. The fraction of sp³-hybridized carbons (Fsp3) is 0. The average Bonchev–Trinajstić information content (AvgIpc) is 2.55. The maximum atomic E-state index is 14.4. The lowest BCUT2D eigenvalue weighted by atomic mass is 10.0. The largest absolute Gasteiger partial charge is 0.370 e. The van der Waals surface area contributed by atoms with Crippen LogP contribution >= 0.6 is 23.2 Å². The zero-order chi connectivity index (χ0) is 18.1. The number of benzene rings is 2. The number of guanidine groups is 1. The Bertz CT molecular complexity index is 1010. The number of aromatic nitrogens is 1. The number of hydrogen-bond acceptors (Lipinski definition) is 2. The van der Waals surface area contributed by atoms with Gasteiger partial charge in [-0.1, -0.05) is 48.0 Å². The molecule has 25 heavy (non-hydrogen) atoms. The van der Waals surface area contributed by atoms with Crippen molar-refractivity contribution < 1.29 is 4.39 Å². The van der Waals surface area contributed by atoms with Gasteiger partial charge in [-0.25, -0.2) is 9.38 Å². The highest BCUT2D eigenvalue weighted by atomic mass is 35.5. The van der Waals surface area contributed by atoms with Gasteiger partial charge < -0.3 is 11.5 Å². The SMILES string of the molecule is C=C(N=C(N)N)c1ccc2c(Cl)cnc(-c3c(F)cccc3Cl)c2c1. The molecule has 0 atom stereocenters. The molecule has 0 spiro atoms. The van der Waals surface area contributed by atoms with Gasteiger partial charge in [0.25, 0.3) is 0 Å². The van der Waals surface area contributed by atoms with Gasteiger partial charge in [0.1, 0.15) is 5.82 Å². The van der Waals surface area contributed by atoms with Crippen molar-refractivity contribution in [3.8, 4) is 11.3 Å². The van der Waals surface area contributed by atoms with Gasteiger partial charge in [-0.05, 0) is 18.2 Å². The second kappa shape index (κ2) is 6.70. The number of hydrogen-bond donors (Lipinski definition) is 2. The fourth-order valence-electron chi connectivity index (χ4n) is 2.53. The molecule has 0 amide bonds. The van der Waals surface area contributed by atoms with Crippen LogP contribution in [-0.2, 0) is 0 Å². The van der Waals surface area contributed by atoms with Crippen molar-refractivity contribution >= 4 is 45.6 Å². The maximum Gasteiger partial charge on any atom is 0.191 e. The molecule has 4 nitrogen and oxygen atoms in total. The van der Waals surface area contributed by atoms with Crippen LogP contribution in [0, 0.1) is 5.82 Å². The van der Waals surface area contributed by atoms with Crippen LogP contribution in [0.5, 0.6) is 0 Å². The monoisotopic (exact) mass is 374 g/mol. The summed E-state index contributed by atoms with van der Waals surface area (Å²) in [6.07, 6.45) is 1.46. The lowest BCUT2D eigenvalue weighted by molar-refractivity contribution is 0.631. The first kappa shape index (κ1) is 17.2. The Kier molecular flexibility index (Phi) is 4.61. The predicted octanol–water partition coefficient (Wildman–Crippen LogP) is 4.59. The number of aliphatic imine (C=N–C) groups is 1. The summed E-state index contributed by atoms with van der Waals surface area (Å²) >= 11 is 12.4. The summed E-state index contributed by atoms with van der Waals surface area (Å²) in [5, 5.41) is 2.01. The first-order valence-corrected chi connectivity index (χ1v) is 7.95. The summed E-state index contributed by atoms with van der Waals surface area (Å²) in [6.45, 7) is 3.83. The van der Waals surface area contributed by atoms with Crippen molar-refractivity contribution in [2.75, 3.05) is 0 Å². The second-order valence-electron chi connectivity index (χ2n) is 5.30. The molecule has 7 heteroatoms. The van der Waals surface area contributed by atoms with E-state index in [1.54, 1.807) is 24.3 Å². The molecule has 3 rings (SSSR count). The number of fused-ring (bicyclic) bond motifs is 1. The van der Waals surface area contributed by atoms with E-state index >= 15 is 0 Å². The van der Waals surface area contributed by atoms with Gasteiger partial charge in [0.05, 0.1) is 27.0 Å². The van der Waals surface area contributed by atoms with Crippen molar-refractivity contribution in [1.29, 1.82) is 0 Å². The molecule has 2 aromatic carbocycles. The third-order valence-electron chi connectivity index (χ3n) is 3.64. The normalized spacial score (nSPS) is 10.7. The van der Waals surface area contributed by atoms with Gasteiger partial charge in [-0.2, -0.15) is 0 Å². The van der Waals surface area contributed by atoms with E-state index in [-0.39, 0.29) is 16.5 Å². The third-order valence-corrected chi connectivity index (χ3v) is 4.25. The standard InChI is InChI=1S/C18H13Cl2FN4/c1-9(25-18(22)23)10-5-6-11-12(7-10)17(24-8-14(11)20)16-13(19)3-2-4-15(16)21/h2-8H,1H2,(H4,22,23,25). The molecule has 0 unspecified atom stereocenters. The quantitative estimate of drug-likeness (QED) is 0.519. The Morgan fingerprint density at radius 3 is 2.52 bits per heavy atom. The lowest BCUT2D eigenvalue weighted by Crippen LogP contribution is -2.22. The van der Waals surface area contributed by atoms with E-state index in [0.29, 0.717) is 32.7 Å². The number of halogens is 3. The van der Waals surface area contributed by atoms with Crippen LogP contribution in [0.3, 0.4) is 0 Å². The molecule has 0 fully saturated rings. The van der Waals surface area contributed by atoms with E-state index in [0.717, 1.165) is 0 Å². The molecule has 0 aliphatic rings. The topological polar surface area (TPSA) is 77.3 Å². The molecule has 0 saturated heterocycles. The van der Waals surface area contributed by atoms with Gasteiger partial charge in [-0.3, -0.25) is 4.98 Å². The molecule has 126 valence electrons. The Hall–Kier alpha value is -2.63. The first-order chi connectivity index (χ1) is 11.9. The fourth-order valence-corrected chi connectivity index (χ4v) is 3.00. The van der Waals surface area contributed by atoms with E-state index in [1.165, 1.54) is 18.3 Å². The number of rotatable bonds is 3. The highest BCUT2D eigenvalue weighted by molar-refractivity contribution is 6.36. The molecule has 0 aliphatic carbocycles. The Morgan fingerprint density at radius 1 is 1.08 bits per heavy atom. The van der Waals surface area contributed by atoms with Crippen molar-refractivity contribution in [3.63, 3.8) is 0 Å². The summed E-state index contributed by atoms with van der Waals surface area (Å²) in [5.74, 6) is -0.580. The third kappa shape index (κ3) is 3.29. The van der Waals surface area contributed by atoms with Crippen LogP contribution in [0.15, 0.2) is 54.2 Å². The highest BCUT2D eigenvalue weighted by Crippen LogP contribution is 2.37. The first-order valence-electron chi connectivity index (χ1n) is 7.20. The van der Waals surface area contributed by atoms with Crippen LogP contribution < -0.4 is 11.5 Å². The van der Waals surface area contributed by atoms with Gasteiger partial charge in [0.15, 0.2) is 5.96 Å². The summed E-state index contributed by atoms with van der Waals surface area (Å²) in [4.78, 5) is 8.23. The molecule has 3 aromatic rings. The molecule has 0 saturated carbocycles. The Labute approximate surface area is 153 Å². The number of nitrogens with two attached hydrogens (primary N) is 2. The van der Waals surface area contributed by atoms with Crippen LogP contribution in [0.2, 0.25) is 10.0 Å². The molecule has 0 radical (unpaired) electrons. The molecular formula is C18H13Cl2FN4. The van der Waals surface area contributed by atoms with Crippen molar-refractivity contribution in [2.45, 2.75) is 0 Å². The Morgan fingerprint density at radius 2 is 1.84 bits per heavy atom. The van der Waals surface area contributed by atoms with Crippen molar-refractivity contribution in [3.05, 3.63) is 70.6 Å².